The molecule has 0 saturated heterocycles. The molecule has 2 aromatic heterocycles. The van der Waals surface area contributed by atoms with E-state index in [0.29, 0.717) is 31.2 Å². The Morgan fingerprint density at radius 2 is 2.07 bits per heavy atom. The lowest BCUT2D eigenvalue weighted by atomic mass is 10.1. The summed E-state index contributed by atoms with van der Waals surface area (Å²) in [6.07, 6.45) is -0.375. The molecule has 3 aromatic rings. The van der Waals surface area contributed by atoms with Crippen LogP contribution in [0.3, 0.4) is 0 Å². The first kappa shape index (κ1) is 21.4. The van der Waals surface area contributed by atoms with E-state index in [1.807, 2.05) is 17.6 Å². The highest BCUT2D eigenvalue weighted by molar-refractivity contribution is 5.79. The van der Waals surface area contributed by atoms with Gasteiger partial charge >= 0.3 is 6.18 Å². The van der Waals surface area contributed by atoms with Gasteiger partial charge in [-0.25, -0.2) is 4.99 Å². The Bertz CT molecular complexity index is 950. The van der Waals surface area contributed by atoms with Crippen molar-refractivity contribution in [3.63, 3.8) is 0 Å². The number of halogens is 3. The monoisotopic (exact) mass is 420 g/mol. The van der Waals surface area contributed by atoms with Crippen LogP contribution in [0.2, 0.25) is 0 Å². The lowest BCUT2D eigenvalue weighted by Crippen LogP contribution is -2.38. The second-order valence-corrected chi connectivity index (χ2v) is 6.52. The van der Waals surface area contributed by atoms with Crippen molar-refractivity contribution in [3.8, 4) is 0 Å². The minimum Gasteiger partial charge on any atom is -0.467 e. The molecule has 0 aliphatic heterocycles. The SMILES string of the molecule is CCc1nncn1CCNC(=NCc1cccc(C(F)(F)F)c1)NCc1ccco1. The molecule has 0 aliphatic rings. The van der Waals surface area contributed by atoms with Crippen molar-refractivity contribution < 1.29 is 17.6 Å². The minimum absolute atomic E-state index is 0.101. The van der Waals surface area contributed by atoms with E-state index in [1.54, 1.807) is 24.7 Å². The Morgan fingerprint density at radius 3 is 2.80 bits per heavy atom. The van der Waals surface area contributed by atoms with Gasteiger partial charge in [-0.3, -0.25) is 0 Å². The van der Waals surface area contributed by atoms with E-state index in [0.717, 1.165) is 30.1 Å². The van der Waals surface area contributed by atoms with E-state index in [-0.39, 0.29) is 6.54 Å². The molecule has 160 valence electrons. The summed E-state index contributed by atoms with van der Waals surface area (Å²) in [4.78, 5) is 4.42. The number of alkyl halides is 3. The Morgan fingerprint density at radius 1 is 1.20 bits per heavy atom. The fraction of sp³-hybridized carbons (Fsp3) is 0.350. The van der Waals surface area contributed by atoms with E-state index in [2.05, 4.69) is 25.8 Å². The summed E-state index contributed by atoms with van der Waals surface area (Å²) < 4.78 is 46.0. The van der Waals surface area contributed by atoms with Gasteiger partial charge in [-0.15, -0.1) is 10.2 Å². The van der Waals surface area contributed by atoms with Gasteiger partial charge in [-0.2, -0.15) is 13.2 Å². The molecule has 0 fully saturated rings. The average Bonchev–Trinajstić information content (AvgIpc) is 3.41. The number of rotatable bonds is 8. The van der Waals surface area contributed by atoms with Gasteiger partial charge in [0.05, 0.1) is 24.9 Å². The molecule has 2 N–H and O–H groups in total. The van der Waals surface area contributed by atoms with E-state index >= 15 is 0 Å². The zero-order valence-corrected chi connectivity index (χ0v) is 16.5. The summed E-state index contributed by atoms with van der Waals surface area (Å²) in [5, 5.41) is 14.3. The first-order valence-corrected chi connectivity index (χ1v) is 9.53. The van der Waals surface area contributed by atoms with Crippen molar-refractivity contribution >= 4 is 5.96 Å². The van der Waals surface area contributed by atoms with Crippen molar-refractivity contribution in [3.05, 3.63) is 71.7 Å². The standard InChI is InChI=1S/C20H23F3N6O/c1-2-18-28-27-14-29(18)9-8-24-19(26-13-17-7-4-10-30-17)25-12-15-5-3-6-16(11-15)20(21,22)23/h3-7,10-11,14H,2,8-9,12-13H2,1H3,(H2,24,25,26). The second kappa shape index (κ2) is 9.95. The normalized spacial score (nSPS) is 12.2. The van der Waals surface area contributed by atoms with Gasteiger partial charge in [0.25, 0.3) is 0 Å². The molecule has 0 aliphatic carbocycles. The van der Waals surface area contributed by atoms with E-state index in [4.69, 9.17) is 4.42 Å². The van der Waals surface area contributed by atoms with Gasteiger partial charge in [-0.05, 0) is 29.8 Å². The number of guanidine groups is 1. The Labute approximate surface area is 172 Å². The van der Waals surface area contributed by atoms with Crippen LogP contribution < -0.4 is 10.6 Å². The zero-order valence-electron chi connectivity index (χ0n) is 16.5. The number of hydrogen-bond acceptors (Lipinski definition) is 4. The summed E-state index contributed by atoms with van der Waals surface area (Å²) in [5.74, 6) is 2.06. The Balaban J connectivity index is 1.65. The van der Waals surface area contributed by atoms with Crippen molar-refractivity contribution in [1.29, 1.82) is 0 Å². The molecule has 1 aromatic carbocycles. The van der Waals surface area contributed by atoms with Gasteiger partial charge < -0.3 is 19.6 Å². The minimum atomic E-state index is -4.38. The van der Waals surface area contributed by atoms with Crippen LogP contribution in [0.25, 0.3) is 0 Å². The van der Waals surface area contributed by atoms with Gasteiger partial charge in [-0.1, -0.05) is 19.1 Å². The Hall–Kier alpha value is -3.30. The van der Waals surface area contributed by atoms with Crippen LogP contribution in [0.5, 0.6) is 0 Å². The number of nitrogens with zero attached hydrogens (tertiary/aromatic N) is 4. The third-order valence-electron chi connectivity index (χ3n) is 4.34. The fourth-order valence-corrected chi connectivity index (χ4v) is 2.81. The average molecular weight is 420 g/mol. The summed E-state index contributed by atoms with van der Waals surface area (Å²) in [7, 11) is 0. The highest BCUT2D eigenvalue weighted by atomic mass is 19.4. The first-order chi connectivity index (χ1) is 14.5. The van der Waals surface area contributed by atoms with Crippen LogP contribution >= 0.6 is 0 Å². The van der Waals surface area contributed by atoms with E-state index in [9.17, 15) is 13.2 Å². The summed E-state index contributed by atoms with van der Waals surface area (Å²) in [6.45, 7) is 3.66. The zero-order chi connectivity index (χ0) is 21.4. The maximum absolute atomic E-state index is 12.9. The van der Waals surface area contributed by atoms with Crippen LogP contribution in [-0.2, 0) is 32.2 Å². The van der Waals surface area contributed by atoms with Crippen LogP contribution in [0.15, 0.2) is 58.4 Å². The molecule has 0 radical (unpaired) electrons. The lowest BCUT2D eigenvalue weighted by molar-refractivity contribution is -0.137. The number of aryl methyl sites for hydroxylation is 1. The number of benzene rings is 1. The predicted molar refractivity (Wildman–Crippen MR) is 106 cm³/mol. The molecule has 2 heterocycles. The van der Waals surface area contributed by atoms with Crippen LogP contribution in [0, 0.1) is 0 Å². The summed E-state index contributed by atoms with van der Waals surface area (Å²) in [5.41, 5.74) is -0.219. The molecule has 0 atom stereocenters. The number of aliphatic imine (C=N–C) groups is 1. The number of hydrogen-bond donors (Lipinski definition) is 2. The van der Waals surface area contributed by atoms with Gasteiger partial charge in [0.1, 0.15) is 17.9 Å². The smallest absolute Gasteiger partial charge is 0.416 e. The quantitative estimate of drug-likeness (QED) is 0.431. The highest BCUT2D eigenvalue weighted by Gasteiger charge is 2.30. The number of furan rings is 1. The molecular weight excluding hydrogens is 397 g/mol. The molecule has 3 rings (SSSR count). The maximum Gasteiger partial charge on any atom is 0.416 e. The molecule has 0 unspecified atom stereocenters. The van der Waals surface area contributed by atoms with Crippen molar-refractivity contribution in [2.45, 2.75) is 39.2 Å². The van der Waals surface area contributed by atoms with Crippen LogP contribution in [0.4, 0.5) is 13.2 Å². The molecule has 10 heteroatoms. The van der Waals surface area contributed by atoms with Gasteiger partial charge in [0, 0.05) is 19.5 Å². The largest absolute Gasteiger partial charge is 0.467 e. The Kier molecular flexibility index (Phi) is 7.10. The number of aromatic nitrogens is 3. The second-order valence-electron chi connectivity index (χ2n) is 6.52. The summed E-state index contributed by atoms with van der Waals surface area (Å²) >= 11 is 0. The molecule has 0 spiro atoms. The number of nitrogens with one attached hydrogen (secondary N) is 2. The highest BCUT2D eigenvalue weighted by Crippen LogP contribution is 2.29. The summed E-state index contributed by atoms with van der Waals surface area (Å²) in [6, 6.07) is 8.76. The molecule has 30 heavy (non-hydrogen) atoms. The van der Waals surface area contributed by atoms with Gasteiger partial charge in [0.15, 0.2) is 5.96 Å². The molecular formula is C20H23F3N6O. The van der Waals surface area contributed by atoms with E-state index in [1.165, 1.54) is 6.07 Å². The van der Waals surface area contributed by atoms with Gasteiger partial charge in [0.2, 0.25) is 0 Å². The predicted octanol–water partition coefficient (Wildman–Crippen LogP) is 3.39. The topological polar surface area (TPSA) is 80.3 Å². The molecule has 0 bridgehead atoms. The van der Waals surface area contributed by atoms with Crippen LogP contribution in [0.1, 0.15) is 29.6 Å². The molecule has 0 amide bonds. The maximum atomic E-state index is 12.9. The first-order valence-electron chi connectivity index (χ1n) is 9.53. The van der Waals surface area contributed by atoms with Crippen molar-refractivity contribution in [2.24, 2.45) is 4.99 Å². The fourth-order valence-electron chi connectivity index (χ4n) is 2.81. The van der Waals surface area contributed by atoms with Crippen molar-refractivity contribution in [2.75, 3.05) is 6.54 Å². The van der Waals surface area contributed by atoms with E-state index < -0.39 is 11.7 Å². The van der Waals surface area contributed by atoms with Crippen molar-refractivity contribution in [1.82, 2.24) is 25.4 Å². The lowest BCUT2D eigenvalue weighted by Gasteiger charge is -2.13. The van der Waals surface area contributed by atoms with Crippen LogP contribution in [-0.4, -0.2) is 27.3 Å². The third-order valence-corrected chi connectivity index (χ3v) is 4.34. The third kappa shape index (κ3) is 6.10. The molecule has 7 nitrogen and oxygen atoms in total. The molecule has 0 saturated carbocycles.